The summed E-state index contributed by atoms with van der Waals surface area (Å²) in [5.74, 6) is 2.67. The molecule has 0 bridgehead atoms. The molecule has 0 spiro atoms. The molecule has 468 valence electrons. The molecule has 11 nitrogen and oxygen atoms in total. The van der Waals surface area contributed by atoms with Crippen LogP contribution in [0.25, 0.3) is 177 Å². The zero-order valence-electron chi connectivity index (χ0n) is 53.8. The Balaban J connectivity index is 0.000000131. The maximum absolute atomic E-state index is 5.29. The second kappa shape index (κ2) is 21.9. The molecule has 22 rings (SSSR count). The molecule has 0 N–H and O–H groups in total. The van der Waals surface area contributed by atoms with Gasteiger partial charge >= 0.3 is 0 Å². The maximum atomic E-state index is 5.29. The summed E-state index contributed by atoms with van der Waals surface area (Å²) >= 11 is 0. The van der Waals surface area contributed by atoms with Crippen LogP contribution in [0, 0.1) is 0 Å². The first-order chi connectivity index (χ1) is 49.6. The Morgan fingerprint density at radius 3 is 0.990 bits per heavy atom. The van der Waals surface area contributed by atoms with Crippen LogP contribution in [-0.2, 0) is 0 Å². The molecular formula is C89H57N11. The zero-order valence-corrected chi connectivity index (χ0v) is 53.8. The highest BCUT2D eigenvalue weighted by molar-refractivity contribution is 6.14. The van der Waals surface area contributed by atoms with Crippen LogP contribution in [0.5, 0.6) is 0 Å². The molecule has 22 aromatic rings. The Bertz CT molecular complexity index is 6540. The number of aromatic nitrogens is 11. The van der Waals surface area contributed by atoms with E-state index in [0.717, 1.165) is 101 Å². The fourth-order valence-corrected chi connectivity index (χ4v) is 15.8. The third kappa shape index (κ3) is 8.49. The largest absolute Gasteiger partial charge is 0.309 e. The van der Waals surface area contributed by atoms with Gasteiger partial charge in [0.15, 0.2) is 0 Å². The van der Waals surface area contributed by atoms with Crippen LogP contribution in [0.15, 0.2) is 346 Å². The number of rotatable bonds is 8. The summed E-state index contributed by atoms with van der Waals surface area (Å²) in [6.45, 7) is 0. The highest BCUT2D eigenvalue weighted by atomic mass is 15.2. The molecule has 0 aliphatic heterocycles. The summed E-state index contributed by atoms with van der Waals surface area (Å²) in [4.78, 5) is 15.1. The number of hydrogen-bond donors (Lipinski definition) is 0. The van der Waals surface area contributed by atoms with Crippen molar-refractivity contribution >= 4 is 121 Å². The Kier molecular flexibility index (Phi) is 12.1. The molecule has 0 radical (unpaired) electrons. The van der Waals surface area contributed by atoms with E-state index in [1.807, 2.05) is 12.1 Å². The van der Waals surface area contributed by atoms with Crippen molar-refractivity contribution in [3.63, 3.8) is 0 Å². The summed E-state index contributed by atoms with van der Waals surface area (Å²) in [6, 6.07) is 115. The molecule has 0 saturated heterocycles. The minimum absolute atomic E-state index is 0.881. The minimum Gasteiger partial charge on any atom is -0.309 e. The topological polar surface area (TPSA) is 77.1 Å². The van der Waals surface area contributed by atoms with E-state index in [0.29, 0.717) is 0 Å². The van der Waals surface area contributed by atoms with Gasteiger partial charge in [-0.15, -0.1) is 0 Å². The molecule has 13 aromatic carbocycles. The van der Waals surface area contributed by atoms with Gasteiger partial charge in [-0.25, -0.2) is 15.0 Å². The lowest BCUT2D eigenvalue weighted by molar-refractivity contribution is 1.07. The monoisotopic (exact) mass is 1280 g/mol. The van der Waals surface area contributed by atoms with Gasteiger partial charge in [-0.2, -0.15) is 0 Å². The molecule has 0 atom stereocenters. The minimum atomic E-state index is 0.881. The normalized spacial score (nSPS) is 12.0. The molecule has 0 fully saturated rings. The van der Waals surface area contributed by atoms with Gasteiger partial charge in [0.25, 0.3) is 0 Å². The van der Waals surface area contributed by atoms with E-state index in [-0.39, 0.29) is 0 Å². The smallest absolute Gasteiger partial charge is 0.219 e. The van der Waals surface area contributed by atoms with Gasteiger partial charge < -0.3 is 13.7 Å². The average Bonchev–Trinajstić information content (AvgIpc) is 1.58. The summed E-state index contributed by atoms with van der Waals surface area (Å²) in [6.07, 6.45) is 8.33. The second-order valence-electron chi connectivity index (χ2n) is 25.8. The Hall–Kier alpha value is -13.8. The van der Waals surface area contributed by atoms with Gasteiger partial charge in [-0.05, 0) is 157 Å². The lowest BCUT2D eigenvalue weighted by atomic mass is 10.0. The first kappa shape index (κ1) is 55.5. The molecule has 11 heteroatoms. The Morgan fingerprint density at radius 1 is 0.200 bits per heavy atom. The van der Waals surface area contributed by atoms with Crippen molar-refractivity contribution in [1.82, 2.24) is 51.2 Å². The van der Waals surface area contributed by atoms with Gasteiger partial charge in [-0.3, -0.25) is 22.5 Å². The fraction of sp³-hybridized carbons (Fsp3) is 0. The van der Waals surface area contributed by atoms with Gasteiger partial charge in [0, 0.05) is 102 Å². The van der Waals surface area contributed by atoms with Gasteiger partial charge in [0.2, 0.25) is 11.6 Å². The number of hydrogen-bond acceptors (Lipinski definition) is 3. The molecular weight excluding hydrogens is 1220 g/mol. The third-order valence-electron chi connectivity index (χ3n) is 20.2. The van der Waals surface area contributed by atoms with E-state index in [9.17, 15) is 0 Å². The highest BCUT2D eigenvalue weighted by Crippen LogP contribution is 2.41. The van der Waals surface area contributed by atoms with E-state index in [1.54, 1.807) is 0 Å². The summed E-state index contributed by atoms with van der Waals surface area (Å²) < 4.78 is 18.1. The Morgan fingerprint density at radius 2 is 0.530 bits per heavy atom. The van der Waals surface area contributed by atoms with E-state index < -0.39 is 0 Å². The third-order valence-corrected chi connectivity index (χ3v) is 20.2. The van der Waals surface area contributed by atoms with E-state index in [4.69, 9.17) is 15.0 Å². The predicted molar refractivity (Wildman–Crippen MR) is 410 cm³/mol. The summed E-state index contributed by atoms with van der Waals surface area (Å²) in [5, 5.41) is 9.92. The van der Waals surface area contributed by atoms with E-state index in [1.165, 1.54) is 76.2 Å². The quantitative estimate of drug-likeness (QED) is 0.152. The second-order valence-corrected chi connectivity index (χ2v) is 25.8. The van der Waals surface area contributed by atoms with Crippen LogP contribution in [-0.4, -0.2) is 51.2 Å². The van der Waals surface area contributed by atoms with Crippen LogP contribution in [0.2, 0.25) is 0 Å². The number of pyridine rings is 1. The van der Waals surface area contributed by atoms with Crippen LogP contribution in [0.1, 0.15) is 0 Å². The van der Waals surface area contributed by atoms with Crippen molar-refractivity contribution in [2.24, 2.45) is 0 Å². The van der Waals surface area contributed by atoms with Crippen molar-refractivity contribution in [1.29, 1.82) is 0 Å². The van der Waals surface area contributed by atoms with Gasteiger partial charge in [0.05, 0.1) is 71.9 Å². The molecule has 0 aliphatic carbocycles. The van der Waals surface area contributed by atoms with Gasteiger partial charge in [0.1, 0.15) is 5.82 Å². The van der Waals surface area contributed by atoms with Crippen LogP contribution < -0.4 is 0 Å². The van der Waals surface area contributed by atoms with Gasteiger partial charge in [-0.1, -0.05) is 176 Å². The highest BCUT2D eigenvalue weighted by Gasteiger charge is 2.21. The number of nitrogens with zero attached hydrogens (tertiary/aromatic N) is 11. The first-order valence-corrected chi connectivity index (χ1v) is 33.8. The number of imidazole rings is 4. The number of fused-ring (bicyclic) bond motifs is 18. The van der Waals surface area contributed by atoms with Crippen molar-refractivity contribution in [2.75, 3.05) is 0 Å². The van der Waals surface area contributed by atoms with E-state index in [2.05, 4.69) is 370 Å². The number of benzene rings is 13. The van der Waals surface area contributed by atoms with E-state index >= 15 is 0 Å². The van der Waals surface area contributed by atoms with Crippen molar-refractivity contribution in [3.8, 4) is 56.6 Å². The first-order valence-electron chi connectivity index (χ1n) is 33.8. The Labute approximate surface area is 571 Å². The summed E-state index contributed by atoms with van der Waals surface area (Å²) in [7, 11) is 0. The number of para-hydroxylation sites is 10. The summed E-state index contributed by atoms with van der Waals surface area (Å²) in [5.41, 5.74) is 23.5. The molecule has 9 heterocycles. The predicted octanol–water partition coefficient (Wildman–Crippen LogP) is 21.7. The molecule has 100 heavy (non-hydrogen) atoms. The maximum Gasteiger partial charge on any atom is 0.219 e. The molecule has 0 unspecified atom stereocenters. The molecule has 0 aliphatic rings. The average molecular weight is 1280 g/mol. The van der Waals surface area contributed by atoms with Crippen LogP contribution in [0.3, 0.4) is 0 Å². The zero-order chi connectivity index (χ0) is 65.5. The molecule has 0 amide bonds. The van der Waals surface area contributed by atoms with Crippen molar-refractivity contribution in [2.45, 2.75) is 0 Å². The van der Waals surface area contributed by atoms with Crippen molar-refractivity contribution in [3.05, 3.63) is 346 Å². The van der Waals surface area contributed by atoms with Crippen LogP contribution in [0.4, 0.5) is 0 Å². The van der Waals surface area contributed by atoms with Crippen LogP contribution >= 0.6 is 0 Å². The molecule has 9 aromatic heterocycles. The standard InChI is InChI=1S/C45H29N5.C44H28N6/c1-5-19-40-35(15-1)36-16-2-6-20-41(36)50(40)34-23-24-43-38(29-34)37-17-3-7-21-42(37)49(43)33-14-10-12-31(28-33)30-11-9-13-32(27-30)47-25-26-48-44-22-8-4-18-39(44)46-45(47)48;1-5-18-38-32(13-1)33-14-2-6-19-39(33)49(38)31-23-24-41-35(28-31)34-15-3-7-20-40(34)50(41)43-22-10-17-36(45-43)29-11-9-12-30(27-29)47-25-26-48-42-21-8-4-16-37(42)46-44(47)48/h1-29H;1-28H. The lowest BCUT2D eigenvalue weighted by Crippen LogP contribution is -1.99. The lowest BCUT2D eigenvalue weighted by Gasteiger charge is -2.12. The molecule has 0 saturated carbocycles. The van der Waals surface area contributed by atoms with Crippen molar-refractivity contribution < 1.29 is 0 Å². The fourth-order valence-electron chi connectivity index (χ4n) is 15.8. The SMILES string of the molecule is c1cc(-c2cccc(-n3c4ccccc4c4cc(-n5c6ccccc6c6ccccc65)ccc43)c2)cc(-n2ccn3c4ccccc4nc23)c1.c1cc(-c2cccc(-n3c4ccccc4c4cc(-n5c6ccccc6c6ccccc65)ccc43)n2)cc(-n2ccn3c4ccccc4nc23)c1.